The summed E-state index contributed by atoms with van der Waals surface area (Å²) in [5.74, 6) is 0.873. The molecule has 5 nitrogen and oxygen atoms in total. The van der Waals surface area contributed by atoms with Gasteiger partial charge < -0.3 is 14.9 Å². The van der Waals surface area contributed by atoms with Crippen molar-refractivity contribution < 1.29 is 5.11 Å². The molecular weight excluding hydrogens is 288 g/mol. The molecule has 2 saturated heterocycles. The molecule has 1 aromatic heterocycles. The van der Waals surface area contributed by atoms with Crippen molar-refractivity contribution in [2.75, 3.05) is 37.6 Å². The Morgan fingerprint density at radius 3 is 2.65 bits per heavy atom. The van der Waals surface area contributed by atoms with Gasteiger partial charge in [0.25, 0.3) is 0 Å². The molecule has 3 heterocycles. The van der Waals surface area contributed by atoms with Crippen molar-refractivity contribution in [2.45, 2.75) is 31.3 Å². The van der Waals surface area contributed by atoms with Crippen LogP contribution >= 0.6 is 0 Å². The maximum absolute atomic E-state index is 11.0. The van der Waals surface area contributed by atoms with Crippen LogP contribution in [0, 0.1) is 0 Å². The van der Waals surface area contributed by atoms with E-state index in [9.17, 15) is 5.11 Å². The number of para-hydroxylation sites is 2. The molecule has 1 N–H and O–H groups in total. The Kier molecular flexibility index (Phi) is 3.91. The first-order chi connectivity index (χ1) is 11.2. The summed E-state index contributed by atoms with van der Waals surface area (Å²) in [7, 11) is 0. The second kappa shape index (κ2) is 6.06. The lowest BCUT2D eigenvalue weighted by Gasteiger charge is -2.33. The zero-order valence-corrected chi connectivity index (χ0v) is 13.5. The molecule has 1 aromatic carbocycles. The third-order valence-corrected chi connectivity index (χ3v) is 5.06. The molecule has 2 aliphatic heterocycles. The second-order valence-electron chi connectivity index (χ2n) is 6.95. The lowest BCUT2D eigenvalue weighted by molar-refractivity contribution is 0.0169. The van der Waals surface area contributed by atoms with Crippen molar-refractivity contribution in [3.05, 3.63) is 30.5 Å². The summed E-state index contributed by atoms with van der Waals surface area (Å²) in [6.07, 6.45) is 6.48. The van der Waals surface area contributed by atoms with E-state index in [-0.39, 0.29) is 0 Å². The molecule has 2 aromatic rings. The molecule has 0 saturated carbocycles. The third kappa shape index (κ3) is 3.16. The minimum atomic E-state index is -0.620. The lowest BCUT2D eigenvalue weighted by Crippen LogP contribution is -2.46. The van der Waals surface area contributed by atoms with E-state index < -0.39 is 5.60 Å². The smallest absolute Gasteiger partial charge is 0.147 e. The molecule has 0 spiro atoms. The number of aliphatic hydroxyl groups is 1. The first-order valence-corrected chi connectivity index (χ1v) is 8.63. The zero-order valence-electron chi connectivity index (χ0n) is 13.5. The normalized spacial score (nSPS) is 26.0. The topological polar surface area (TPSA) is 52.5 Å². The highest BCUT2D eigenvalue weighted by molar-refractivity contribution is 5.75. The van der Waals surface area contributed by atoms with Crippen LogP contribution in [0.4, 0.5) is 5.82 Å². The number of likely N-dealkylation sites (tertiary alicyclic amines) is 1. The Labute approximate surface area is 137 Å². The molecule has 1 unspecified atom stereocenters. The first-order valence-electron chi connectivity index (χ1n) is 8.63. The monoisotopic (exact) mass is 312 g/mol. The van der Waals surface area contributed by atoms with Crippen molar-refractivity contribution in [1.82, 2.24) is 14.9 Å². The number of hydrogen-bond acceptors (Lipinski definition) is 5. The molecule has 0 bridgehead atoms. The van der Waals surface area contributed by atoms with Crippen molar-refractivity contribution in [3.8, 4) is 0 Å². The minimum Gasteiger partial charge on any atom is -0.387 e. The Morgan fingerprint density at radius 1 is 1.04 bits per heavy atom. The first kappa shape index (κ1) is 14.8. The summed E-state index contributed by atoms with van der Waals surface area (Å²) >= 11 is 0. The molecule has 2 aliphatic rings. The van der Waals surface area contributed by atoms with Crippen LogP contribution in [0.3, 0.4) is 0 Å². The van der Waals surface area contributed by atoms with Gasteiger partial charge in [0.1, 0.15) is 5.82 Å². The van der Waals surface area contributed by atoms with Crippen LogP contribution in [0.15, 0.2) is 30.5 Å². The Balaban J connectivity index is 1.47. The van der Waals surface area contributed by atoms with E-state index >= 15 is 0 Å². The quantitative estimate of drug-likeness (QED) is 0.940. The van der Waals surface area contributed by atoms with Crippen molar-refractivity contribution >= 4 is 16.9 Å². The Hall–Kier alpha value is -1.72. The lowest BCUT2D eigenvalue weighted by atomic mass is 10.0. The molecule has 1 atom stereocenters. The summed E-state index contributed by atoms with van der Waals surface area (Å²) in [5.41, 5.74) is 1.21. The highest BCUT2D eigenvalue weighted by atomic mass is 16.3. The highest BCUT2D eigenvalue weighted by Gasteiger charge is 2.38. The second-order valence-corrected chi connectivity index (χ2v) is 6.95. The number of anilines is 1. The minimum absolute atomic E-state index is 0.620. The van der Waals surface area contributed by atoms with Gasteiger partial charge in [0.05, 0.1) is 22.8 Å². The Morgan fingerprint density at radius 2 is 1.83 bits per heavy atom. The number of nitrogens with zero attached hydrogens (tertiary/aromatic N) is 4. The summed E-state index contributed by atoms with van der Waals surface area (Å²) in [4.78, 5) is 13.8. The number of fused-ring (bicyclic) bond motifs is 1. The van der Waals surface area contributed by atoms with Gasteiger partial charge in [-0.2, -0.15) is 0 Å². The van der Waals surface area contributed by atoms with E-state index in [1.807, 2.05) is 30.5 Å². The van der Waals surface area contributed by atoms with Gasteiger partial charge in [0, 0.05) is 19.6 Å². The van der Waals surface area contributed by atoms with Crippen LogP contribution in [0.25, 0.3) is 11.0 Å². The van der Waals surface area contributed by atoms with Crippen LogP contribution in [-0.4, -0.2) is 58.3 Å². The molecule has 0 radical (unpaired) electrons. The van der Waals surface area contributed by atoms with Gasteiger partial charge in [-0.3, -0.25) is 4.98 Å². The molecule has 0 aliphatic carbocycles. The van der Waals surface area contributed by atoms with E-state index in [2.05, 4.69) is 14.8 Å². The summed E-state index contributed by atoms with van der Waals surface area (Å²) in [6, 6.07) is 7.92. The fraction of sp³-hybridized carbons (Fsp3) is 0.556. The highest BCUT2D eigenvalue weighted by Crippen LogP contribution is 2.27. The molecule has 5 heteroatoms. The van der Waals surface area contributed by atoms with Gasteiger partial charge in [0.2, 0.25) is 0 Å². The van der Waals surface area contributed by atoms with Gasteiger partial charge in [-0.15, -0.1) is 0 Å². The van der Waals surface area contributed by atoms with Crippen molar-refractivity contribution in [3.63, 3.8) is 0 Å². The van der Waals surface area contributed by atoms with E-state index in [0.717, 1.165) is 49.5 Å². The summed E-state index contributed by atoms with van der Waals surface area (Å²) < 4.78 is 0. The van der Waals surface area contributed by atoms with Crippen LogP contribution in [0.2, 0.25) is 0 Å². The van der Waals surface area contributed by atoms with Gasteiger partial charge in [-0.1, -0.05) is 18.6 Å². The van der Waals surface area contributed by atoms with Crippen LogP contribution in [-0.2, 0) is 0 Å². The fourth-order valence-electron chi connectivity index (χ4n) is 3.81. The number of β-amino-alcohol motifs (C(OH)–C–C–N with tert-alkyl or cyclic N) is 1. The van der Waals surface area contributed by atoms with E-state index in [4.69, 9.17) is 4.98 Å². The van der Waals surface area contributed by atoms with Gasteiger partial charge >= 0.3 is 0 Å². The fourth-order valence-corrected chi connectivity index (χ4v) is 3.81. The summed E-state index contributed by atoms with van der Waals surface area (Å²) in [5, 5.41) is 11.0. The molecule has 122 valence electrons. The standard InChI is InChI=1S/C18H24N4O/c23-18(13-21-9-4-1-5-10-21)8-11-22(14-18)17-12-19-15-6-2-3-7-16(15)20-17/h2-3,6-7,12,23H,1,4-5,8-11,13-14H2. The van der Waals surface area contributed by atoms with E-state index in [1.165, 1.54) is 19.3 Å². The number of piperidine rings is 1. The predicted molar refractivity (Wildman–Crippen MR) is 91.6 cm³/mol. The van der Waals surface area contributed by atoms with E-state index in [1.54, 1.807) is 0 Å². The zero-order chi connectivity index (χ0) is 15.7. The van der Waals surface area contributed by atoms with Crippen LogP contribution < -0.4 is 4.90 Å². The summed E-state index contributed by atoms with van der Waals surface area (Å²) in [6.45, 7) is 4.52. The number of rotatable bonds is 3. The van der Waals surface area contributed by atoms with Crippen molar-refractivity contribution in [1.29, 1.82) is 0 Å². The van der Waals surface area contributed by atoms with Gasteiger partial charge in [-0.05, 0) is 44.5 Å². The van der Waals surface area contributed by atoms with Crippen LogP contribution in [0.1, 0.15) is 25.7 Å². The molecule has 23 heavy (non-hydrogen) atoms. The average Bonchev–Trinajstić information content (AvgIpc) is 2.97. The van der Waals surface area contributed by atoms with E-state index in [0.29, 0.717) is 6.54 Å². The number of aromatic nitrogens is 2. The van der Waals surface area contributed by atoms with Gasteiger partial charge in [-0.25, -0.2) is 4.98 Å². The Bertz CT molecular complexity index is 686. The molecule has 0 amide bonds. The maximum Gasteiger partial charge on any atom is 0.147 e. The SMILES string of the molecule is OC1(CN2CCCCC2)CCN(c2cnc3ccccc3n2)C1. The largest absolute Gasteiger partial charge is 0.387 e. The third-order valence-electron chi connectivity index (χ3n) is 5.06. The predicted octanol–water partition coefficient (Wildman–Crippen LogP) is 2.06. The number of hydrogen-bond donors (Lipinski definition) is 1. The average molecular weight is 312 g/mol. The number of benzene rings is 1. The van der Waals surface area contributed by atoms with Gasteiger partial charge in [0.15, 0.2) is 0 Å². The molecule has 2 fully saturated rings. The van der Waals surface area contributed by atoms with Crippen molar-refractivity contribution in [2.24, 2.45) is 0 Å². The molecular formula is C18H24N4O. The molecule has 4 rings (SSSR count). The maximum atomic E-state index is 11.0. The van der Waals surface area contributed by atoms with Crippen LogP contribution in [0.5, 0.6) is 0 Å².